The zero-order chi connectivity index (χ0) is 14.9. The fourth-order valence-corrected chi connectivity index (χ4v) is 4.00. The lowest BCUT2D eigenvalue weighted by Gasteiger charge is -2.06. The van der Waals surface area contributed by atoms with Gasteiger partial charge in [-0.05, 0) is 25.7 Å². The number of aryl methyl sites for hydroxylation is 2. The number of aromatic nitrogens is 4. The van der Waals surface area contributed by atoms with Crippen LogP contribution in [0.1, 0.15) is 29.1 Å². The summed E-state index contributed by atoms with van der Waals surface area (Å²) >= 11 is 1.73. The smallest absolute Gasteiger partial charge is 0.212 e. The summed E-state index contributed by atoms with van der Waals surface area (Å²) < 4.78 is 1.85. The van der Waals surface area contributed by atoms with Crippen molar-refractivity contribution in [2.45, 2.75) is 32.2 Å². The van der Waals surface area contributed by atoms with Crippen molar-refractivity contribution in [3.63, 3.8) is 0 Å². The molecule has 6 heteroatoms. The van der Waals surface area contributed by atoms with Gasteiger partial charge in [0.1, 0.15) is 11.4 Å². The third-order valence-electron chi connectivity index (χ3n) is 4.00. The number of fused-ring (bicyclic) bond motifs is 1. The summed E-state index contributed by atoms with van der Waals surface area (Å²) in [4.78, 5) is 6.19. The van der Waals surface area contributed by atoms with Crippen molar-refractivity contribution in [2.75, 3.05) is 0 Å². The molecule has 0 saturated carbocycles. The van der Waals surface area contributed by atoms with E-state index in [2.05, 4.69) is 22.4 Å². The Morgan fingerprint density at radius 1 is 1.14 bits per heavy atom. The van der Waals surface area contributed by atoms with Gasteiger partial charge >= 0.3 is 0 Å². The molecule has 0 radical (unpaired) electrons. The molecule has 0 bridgehead atoms. The van der Waals surface area contributed by atoms with Crippen LogP contribution < -0.4 is 5.73 Å². The minimum absolute atomic E-state index is 0.370. The minimum atomic E-state index is 0.370. The monoisotopic (exact) mass is 311 g/mol. The van der Waals surface area contributed by atoms with Gasteiger partial charge < -0.3 is 5.73 Å². The molecule has 2 heterocycles. The summed E-state index contributed by atoms with van der Waals surface area (Å²) in [6.45, 7) is 0.370. The van der Waals surface area contributed by atoms with Gasteiger partial charge in [0.05, 0.1) is 5.69 Å². The van der Waals surface area contributed by atoms with Crippen LogP contribution in [-0.2, 0) is 19.4 Å². The second-order valence-corrected chi connectivity index (χ2v) is 6.50. The van der Waals surface area contributed by atoms with Gasteiger partial charge in [0.15, 0.2) is 0 Å². The number of thiazole rings is 1. The molecule has 0 fully saturated rings. The zero-order valence-corrected chi connectivity index (χ0v) is 13.0. The molecule has 2 aromatic heterocycles. The fourth-order valence-electron chi connectivity index (χ4n) is 2.90. The molecule has 0 amide bonds. The fraction of sp³-hybridized carbons (Fsp3) is 0.312. The van der Waals surface area contributed by atoms with Crippen LogP contribution in [0, 0.1) is 0 Å². The van der Waals surface area contributed by atoms with Gasteiger partial charge in [0.25, 0.3) is 0 Å². The zero-order valence-electron chi connectivity index (χ0n) is 12.2. The van der Waals surface area contributed by atoms with E-state index in [-0.39, 0.29) is 0 Å². The van der Waals surface area contributed by atoms with Crippen LogP contribution in [0.15, 0.2) is 30.3 Å². The minimum Gasteiger partial charge on any atom is -0.325 e. The van der Waals surface area contributed by atoms with Crippen LogP contribution >= 0.6 is 11.3 Å². The van der Waals surface area contributed by atoms with Gasteiger partial charge in [-0.1, -0.05) is 46.9 Å². The number of nitrogens with zero attached hydrogens (tertiary/aromatic N) is 4. The lowest BCUT2D eigenvalue weighted by atomic mass is 10.0. The largest absolute Gasteiger partial charge is 0.325 e. The first-order valence-corrected chi connectivity index (χ1v) is 8.37. The highest BCUT2D eigenvalue weighted by Crippen LogP contribution is 2.31. The molecule has 0 atom stereocenters. The third-order valence-corrected chi connectivity index (χ3v) is 5.13. The van der Waals surface area contributed by atoms with Gasteiger partial charge in [0, 0.05) is 17.0 Å². The van der Waals surface area contributed by atoms with E-state index in [1.165, 1.54) is 23.4 Å². The molecule has 0 saturated heterocycles. The van der Waals surface area contributed by atoms with E-state index in [9.17, 15) is 0 Å². The van der Waals surface area contributed by atoms with Crippen molar-refractivity contribution in [3.8, 4) is 16.4 Å². The van der Waals surface area contributed by atoms with Crippen LogP contribution in [0.25, 0.3) is 16.4 Å². The number of nitrogens with two attached hydrogens (primary N) is 1. The Bertz CT molecular complexity index is 767. The molecular formula is C16H17N5S. The van der Waals surface area contributed by atoms with Gasteiger partial charge in [-0.25, -0.2) is 4.98 Å². The topological polar surface area (TPSA) is 69.6 Å². The second-order valence-electron chi connectivity index (χ2n) is 5.44. The van der Waals surface area contributed by atoms with Crippen LogP contribution in [0.5, 0.6) is 0 Å². The molecular weight excluding hydrogens is 294 g/mol. The van der Waals surface area contributed by atoms with Crippen molar-refractivity contribution in [1.82, 2.24) is 20.0 Å². The average molecular weight is 311 g/mol. The molecule has 4 rings (SSSR count). The van der Waals surface area contributed by atoms with Crippen molar-refractivity contribution in [1.29, 1.82) is 0 Å². The van der Waals surface area contributed by atoms with E-state index in [0.29, 0.717) is 6.54 Å². The Morgan fingerprint density at radius 2 is 1.95 bits per heavy atom. The highest BCUT2D eigenvalue weighted by molar-refractivity contribution is 7.14. The van der Waals surface area contributed by atoms with E-state index in [4.69, 9.17) is 10.7 Å². The summed E-state index contributed by atoms with van der Waals surface area (Å²) in [5.41, 5.74) is 9.90. The van der Waals surface area contributed by atoms with Crippen molar-refractivity contribution < 1.29 is 0 Å². The molecule has 1 aliphatic carbocycles. The SMILES string of the molecule is NCc1nnn(-c2nc3c(s2)CCCC3)c1-c1ccccc1. The maximum atomic E-state index is 5.84. The molecule has 0 unspecified atom stereocenters. The highest BCUT2D eigenvalue weighted by Gasteiger charge is 2.21. The lowest BCUT2D eigenvalue weighted by molar-refractivity contribution is 0.679. The number of rotatable bonds is 3. The van der Waals surface area contributed by atoms with Crippen molar-refractivity contribution >= 4 is 11.3 Å². The Kier molecular flexibility index (Phi) is 3.48. The highest BCUT2D eigenvalue weighted by atomic mass is 32.1. The van der Waals surface area contributed by atoms with E-state index in [1.807, 2.05) is 22.9 Å². The number of benzene rings is 1. The van der Waals surface area contributed by atoms with Crippen LogP contribution in [0.4, 0.5) is 0 Å². The van der Waals surface area contributed by atoms with Crippen molar-refractivity contribution in [2.24, 2.45) is 5.73 Å². The Morgan fingerprint density at radius 3 is 2.73 bits per heavy atom. The summed E-state index contributed by atoms with van der Waals surface area (Å²) in [6.07, 6.45) is 4.69. The molecule has 5 nitrogen and oxygen atoms in total. The number of hydrogen-bond donors (Lipinski definition) is 1. The predicted molar refractivity (Wildman–Crippen MR) is 87.0 cm³/mol. The van der Waals surface area contributed by atoms with Crippen molar-refractivity contribution in [3.05, 3.63) is 46.6 Å². The van der Waals surface area contributed by atoms with E-state index in [0.717, 1.165) is 34.9 Å². The molecule has 2 N–H and O–H groups in total. The van der Waals surface area contributed by atoms with Crippen LogP contribution in [0.2, 0.25) is 0 Å². The predicted octanol–water partition coefficient (Wildman–Crippen LogP) is 2.73. The lowest BCUT2D eigenvalue weighted by Crippen LogP contribution is -2.03. The maximum Gasteiger partial charge on any atom is 0.212 e. The van der Waals surface area contributed by atoms with Crippen LogP contribution in [-0.4, -0.2) is 20.0 Å². The van der Waals surface area contributed by atoms with Crippen LogP contribution in [0.3, 0.4) is 0 Å². The molecule has 0 aliphatic heterocycles. The molecule has 112 valence electrons. The molecule has 1 aliphatic rings. The number of hydrogen-bond acceptors (Lipinski definition) is 5. The first-order chi connectivity index (χ1) is 10.9. The normalized spacial score (nSPS) is 14.0. The summed E-state index contributed by atoms with van der Waals surface area (Å²) in [6, 6.07) is 10.1. The van der Waals surface area contributed by atoms with Gasteiger partial charge in [-0.2, -0.15) is 4.68 Å². The van der Waals surface area contributed by atoms with E-state index < -0.39 is 0 Å². The summed E-state index contributed by atoms with van der Waals surface area (Å²) in [7, 11) is 0. The second kappa shape index (κ2) is 5.62. The first-order valence-electron chi connectivity index (χ1n) is 7.56. The van der Waals surface area contributed by atoms with E-state index >= 15 is 0 Å². The van der Waals surface area contributed by atoms with Gasteiger partial charge in [-0.3, -0.25) is 0 Å². The summed E-state index contributed by atoms with van der Waals surface area (Å²) in [5.74, 6) is 0. The van der Waals surface area contributed by atoms with Gasteiger partial charge in [0.2, 0.25) is 5.13 Å². The Hall–Kier alpha value is -2.05. The molecule has 0 spiro atoms. The standard InChI is InChI=1S/C16H17N5S/c17-10-13-15(11-6-2-1-3-7-11)21(20-19-13)16-18-12-8-4-5-9-14(12)22-16/h1-3,6-7H,4-5,8-10,17H2. The molecule has 1 aromatic carbocycles. The third kappa shape index (κ3) is 2.24. The Balaban J connectivity index is 1.85. The molecule has 22 heavy (non-hydrogen) atoms. The van der Waals surface area contributed by atoms with E-state index in [1.54, 1.807) is 11.3 Å². The first kappa shape index (κ1) is 13.6. The molecule has 3 aromatic rings. The van der Waals surface area contributed by atoms with Gasteiger partial charge in [-0.15, -0.1) is 5.10 Å². The summed E-state index contributed by atoms with van der Waals surface area (Å²) in [5, 5.41) is 9.46. The average Bonchev–Trinajstić information content (AvgIpc) is 3.18. The maximum absolute atomic E-state index is 5.84. The Labute approximate surface area is 132 Å². The quantitative estimate of drug-likeness (QED) is 0.807.